The molecule has 1 aromatic carbocycles. The van der Waals surface area contributed by atoms with E-state index in [0.29, 0.717) is 5.82 Å². The minimum Gasteiger partial charge on any atom is -0.491 e. The molecular formula is C16H21N3O. The van der Waals surface area contributed by atoms with E-state index in [0.717, 1.165) is 34.8 Å². The van der Waals surface area contributed by atoms with Gasteiger partial charge in [-0.3, -0.25) is 0 Å². The van der Waals surface area contributed by atoms with Gasteiger partial charge in [-0.1, -0.05) is 6.92 Å². The largest absolute Gasteiger partial charge is 0.491 e. The second-order valence-corrected chi connectivity index (χ2v) is 5.04. The summed E-state index contributed by atoms with van der Waals surface area (Å²) in [5.41, 5.74) is 8.79. The highest BCUT2D eigenvalue weighted by Crippen LogP contribution is 2.26. The molecule has 4 heteroatoms. The molecule has 2 rings (SSSR count). The molecule has 0 bridgehead atoms. The van der Waals surface area contributed by atoms with E-state index in [1.165, 1.54) is 0 Å². The average molecular weight is 271 g/mol. The van der Waals surface area contributed by atoms with Crippen molar-refractivity contribution >= 4 is 5.82 Å². The fourth-order valence-corrected chi connectivity index (χ4v) is 1.98. The summed E-state index contributed by atoms with van der Waals surface area (Å²) in [6.07, 6.45) is 0.940. The Labute approximate surface area is 120 Å². The first-order valence-corrected chi connectivity index (χ1v) is 6.91. The molecule has 106 valence electrons. The third-order valence-electron chi connectivity index (χ3n) is 3.05. The lowest BCUT2D eigenvalue weighted by Gasteiger charge is -2.12. The number of nitrogens with zero attached hydrogens (tertiary/aromatic N) is 2. The van der Waals surface area contributed by atoms with Crippen LogP contribution in [0.5, 0.6) is 5.75 Å². The summed E-state index contributed by atoms with van der Waals surface area (Å²) < 4.78 is 5.65. The number of nitrogens with two attached hydrogens (primary N) is 1. The van der Waals surface area contributed by atoms with Gasteiger partial charge in [0.05, 0.1) is 11.8 Å². The summed E-state index contributed by atoms with van der Waals surface area (Å²) >= 11 is 0. The van der Waals surface area contributed by atoms with E-state index in [9.17, 15) is 0 Å². The van der Waals surface area contributed by atoms with Gasteiger partial charge in [0, 0.05) is 17.5 Å². The van der Waals surface area contributed by atoms with Crippen LogP contribution in [0.15, 0.2) is 24.3 Å². The van der Waals surface area contributed by atoms with E-state index < -0.39 is 0 Å². The van der Waals surface area contributed by atoms with E-state index in [2.05, 4.69) is 9.97 Å². The zero-order chi connectivity index (χ0) is 14.7. The van der Waals surface area contributed by atoms with Gasteiger partial charge >= 0.3 is 0 Å². The smallest absolute Gasteiger partial charge is 0.131 e. The van der Waals surface area contributed by atoms with Crippen molar-refractivity contribution in [2.45, 2.75) is 40.2 Å². The Balaban J connectivity index is 2.38. The highest BCUT2D eigenvalue weighted by molar-refractivity contribution is 5.67. The van der Waals surface area contributed by atoms with Crippen molar-refractivity contribution in [3.05, 3.63) is 35.7 Å². The third kappa shape index (κ3) is 3.07. The predicted molar refractivity (Wildman–Crippen MR) is 81.8 cm³/mol. The van der Waals surface area contributed by atoms with Crippen LogP contribution in [0.1, 0.15) is 32.2 Å². The molecule has 0 saturated carbocycles. The fraction of sp³-hybridized carbons (Fsp3) is 0.375. The molecule has 0 saturated heterocycles. The first kappa shape index (κ1) is 14.3. The quantitative estimate of drug-likeness (QED) is 0.926. The molecule has 0 fully saturated rings. The van der Waals surface area contributed by atoms with Gasteiger partial charge in [-0.15, -0.1) is 0 Å². The topological polar surface area (TPSA) is 61.0 Å². The molecule has 0 aliphatic carbocycles. The maximum atomic E-state index is 5.95. The molecule has 0 radical (unpaired) electrons. The van der Waals surface area contributed by atoms with Crippen molar-refractivity contribution in [2.24, 2.45) is 0 Å². The van der Waals surface area contributed by atoms with E-state index in [-0.39, 0.29) is 6.10 Å². The van der Waals surface area contributed by atoms with Crippen LogP contribution in [0, 0.1) is 6.92 Å². The van der Waals surface area contributed by atoms with Crippen molar-refractivity contribution < 1.29 is 4.74 Å². The molecule has 2 N–H and O–H groups in total. The Morgan fingerprint density at radius 2 is 1.80 bits per heavy atom. The molecule has 1 aromatic heterocycles. The molecule has 2 aromatic rings. The zero-order valence-corrected chi connectivity index (χ0v) is 12.5. The molecule has 4 nitrogen and oxygen atoms in total. The maximum absolute atomic E-state index is 5.95. The van der Waals surface area contributed by atoms with Crippen LogP contribution in [0.25, 0.3) is 11.3 Å². The number of hydrogen-bond acceptors (Lipinski definition) is 4. The lowest BCUT2D eigenvalue weighted by Crippen LogP contribution is -2.06. The Morgan fingerprint density at radius 1 is 1.15 bits per heavy atom. The average Bonchev–Trinajstić information content (AvgIpc) is 2.42. The summed E-state index contributed by atoms with van der Waals surface area (Å²) in [6, 6.07) is 7.93. The van der Waals surface area contributed by atoms with Gasteiger partial charge in [-0.05, 0) is 45.0 Å². The van der Waals surface area contributed by atoms with E-state index >= 15 is 0 Å². The van der Waals surface area contributed by atoms with Crippen LogP contribution in [0.4, 0.5) is 5.82 Å². The standard InChI is InChI=1S/C16H21N3O/c1-5-14-18-15(11(4)16(17)19-14)12-6-8-13(9-7-12)20-10(2)3/h6-10H,5H2,1-4H3,(H2,17,18,19). The van der Waals surface area contributed by atoms with Gasteiger partial charge in [-0.2, -0.15) is 0 Å². The number of nitrogen functional groups attached to an aromatic ring is 1. The second kappa shape index (κ2) is 5.90. The second-order valence-electron chi connectivity index (χ2n) is 5.04. The monoisotopic (exact) mass is 271 g/mol. The highest BCUT2D eigenvalue weighted by Gasteiger charge is 2.10. The molecule has 20 heavy (non-hydrogen) atoms. The lowest BCUT2D eigenvalue weighted by molar-refractivity contribution is 0.242. The van der Waals surface area contributed by atoms with Crippen LogP contribution < -0.4 is 10.5 Å². The van der Waals surface area contributed by atoms with Crippen molar-refractivity contribution in [1.29, 1.82) is 0 Å². The van der Waals surface area contributed by atoms with Crippen molar-refractivity contribution in [3.8, 4) is 17.0 Å². The molecule has 0 aliphatic rings. The summed E-state index contributed by atoms with van der Waals surface area (Å²) in [5, 5.41) is 0. The van der Waals surface area contributed by atoms with Crippen LogP contribution in [-0.4, -0.2) is 16.1 Å². The summed E-state index contributed by atoms with van der Waals surface area (Å²) in [7, 11) is 0. The van der Waals surface area contributed by atoms with Gasteiger partial charge in [0.15, 0.2) is 0 Å². The SMILES string of the molecule is CCc1nc(N)c(C)c(-c2ccc(OC(C)C)cc2)n1. The Kier molecular flexibility index (Phi) is 4.23. The minimum absolute atomic E-state index is 0.170. The van der Waals surface area contributed by atoms with E-state index in [1.807, 2.05) is 52.0 Å². The van der Waals surface area contributed by atoms with Crippen LogP contribution in [0.3, 0.4) is 0 Å². The lowest BCUT2D eigenvalue weighted by atomic mass is 10.1. The molecule has 0 atom stereocenters. The zero-order valence-electron chi connectivity index (χ0n) is 12.5. The number of rotatable bonds is 4. The summed E-state index contributed by atoms with van der Waals surface area (Å²) in [5.74, 6) is 2.18. The van der Waals surface area contributed by atoms with Crippen LogP contribution >= 0.6 is 0 Å². The fourth-order valence-electron chi connectivity index (χ4n) is 1.98. The van der Waals surface area contributed by atoms with E-state index in [1.54, 1.807) is 0 Å². The number of aromatic nitrogens is 2. The molecule has 0 aliphatic heterocycles. The molecule has 1 heterocycles. The molecular weight excluding hydrogens is 250 g/mol. The van der Waals surface area contributed by atoms with Crippen LogP contribution in [-0.2, 0) is 6.42 Å². The Bertz CT molecular complexity index is 591. The number of aryl methyl sites for hydroxylation is 1. The Hall–Kier alpha value is -2.10. The van der Waals surface area contributed by atoms with Crippen LogP contribution in [0.2, 0.25) is 0 Å². The highest BCUT2D eigenvalue weighted by atomic mass is 16.5. The summed E-state index contributed by atoms with van der Waals surface area (Å²) in [6.45, 7) is 7.99. The van der Waals surface area contributed by atoms with Gasteiger partial charge in [0.1, 0.15) is 17.4 Å². The maximum Gasteiger partial charge on any atom is 0.131 e. The minimum atomic E-state index is 0.170. The number of hydrogen-bond donors (Lipinski definition) is 1. The molecule has 0 amide bonds. The first-order valence-electron chi connectivity index (χ1n) is 6.91. The normalized spacial score (nSPS) is 10.8. The Morgan fingerprint density at radius 3 is 2.35 bits per heavy atom. The van der Waals surface area contributed by atoms with Crippen molar-refractivity contribution in [3.63, 3.8) is 0 Å². The van der Waals surface area contributed by atoms with Gasteiger partial charge in [0.2, 0.25) is 0 Å². The summed E-state index contributed by atoms with van der Waals surface area (Å²) in [4.78, 5) is 8.86. The number of benzene rings is 1. The first-order chi connectivity index (χ1) is 9.51. The predicted octanol–water partition coefficient (Wildman–Crippen LogP) is 3.38. The third-order valence-corrected chi connectivity index (χ3v) is 3.05. The van der Waals surface area contributed by atoms with Crippen molar-refractivity contribution in [1.82, 2.24) is 9.97 Å². The van der Waals surface area contributed by atoms with Gasteiger partial charge < -0.3 is 10.5 Å². The number of anilines is 1. The van der Waals surface area contributed by atoms with Gasteiger partial charge in [-0.25, -0.2) is 9.97 Å². The van der Waals surface area contributed by atoms with Crippen molar-refractivity contribution in [2.75, 3.05) is 5.73 Å². The molecule has 0 spiro atoms. The van der Waals surface area contributed by atoms with Gasteiger partial charge in [0.25, 0.3) is 0 Å². The number of ether oxygens (including phenoxy) is 1. The van der Waals surface area contributed by atoms with E-state index in [4.69, 9.17) is 10.5 Å². The molecule has 0 unspecified atom stereocenters.